The van der Waals surface area contributed by atoms with Crippen LogP contribution in [0.15, 0.2) is 6.07 Å². The first-order valence-electron chi connectivity index (χ1n) is 3.06. The van der Waals surface area contributed by atoms with Gasteiger partial charge in [0.05, 0.1) is 0 Å². The summed E-state index contributed by atoms with van der Waals surface area (Å²) >= 11 is 0. The Labute approximate surface area is 69.3 Å². The minimum absolute atomic E-state index is 0.0710. The van der Waals surface area contributed by atoms with E-state index < -0.39 is 36.0 Å². The van der Waals surface area contributed by atoms with Crippen LogP contribution in [0.2, 0.25) is 0 Å². The van der Waals surface area contributed by atoms with Gasteiger partial charge in [-0.2, -0.15) is 0 Å². The average Bonchev–Trinajstić information content (AvgIpc) is 2.07. The molecule has 7 heteroatoms. The summed E-state index contributed by atoms with van der Waals surface area (Å²) in [4.78, 5) is 0. The summed E-state index contributed by atoms with van der Waals surface area (Å²) in [5, 5.41) is 0. The normalized spacial score (nSPS) is 10.3. The highest BCUT2D eigenvalue weighted by Gasteiger charge is 2.27. The molecular weight excluding hydrogens is 197 g/mol. The fourth-order valence-electron chi connectivity index (χ4n) is 0.750. The van der Waals surface area contributed by atoms with Gasteiger partial charge in [-0.05, 0) is 6.07 Å². The minimum Gasteiger partial charge on any atom is -0.281 e. The molecule has 13 heavy (non-hydrogen) atoms. The van der Waals surface area contributed by atoms with Crippen molar-refractivity contribution in [2.45, 2.75) is 0 Å². The average molecular weight is 198 g/mol. The van der Waals surface area contributed by atoms with E-state index in [0.717, 1.165) is 0 Å². The van der Waals surface area contributed by atoms with Gasteiger partial charge in [-0.25, -0.2) is 17.6 Å². The van der Waals surface area contributed by atoms with Crippen LogP contribution < -0.4 is 5.46 Å². The summed E-state index contributed by atoms with van der Waals surface area (Å²) < 4.78 is 72.8. The highest BCUT2D eigenvalue weighted by atomic mass is 19.2. The summed E-state index contributed by atoms with van der Waals surface area (Å²) in [6.45, 7) is 0. The maximum atomic E-state index is 12.4. The second-order valence-corrected chi connectivity index (χ2v) is 2.19. The third kappa shape index (κ3) is 1.63. The van der Waals surface area contributed by atoms with E-state index in [4.69, 9.17) is 0 Å². The van der Waals surface area contributed by atoms with E-state index >= 15 is 0 Å². The van der Waals surface area contributed by atoms with E-state index in [-0.39, 0.29) is 6.07 Å². The molecule has 0 aliphatic heterocycles. The fraction of sp³-hybridized carbons (Fsp3) is 0. The Kier molecular flexibility index (Phi) is 2.54. The molecule has 0 saturated heterocycles. The van der Waals surface area contributed by atoms with Gasteiger partial charge in [0.1, 0.15) is 0 Å². The van der Waals surface area contributed by atoms with Gasteiger partial charge >= 0.3 is 7.27 Å². The molecule has 0 saturated carbocycles. The monoisotopic (exact) mass is 198 g/mol. The molecule has 0 nitrogen and oxygen atoms in total. The highest BCUT2D eigenvalue weighted by Crippen LogP contribution is 2.13. The molecule has 0 heterocycles. The van der Waals surface area contributed by atoms with Crippen LogP contribution in [-0.4, -0.2) is 7.27 Å². The summed E-state index contributed by atoms with van der Waals surface area (Å²) in [7, 11) is -3.38. The number of halogens is 6. The molecule has 0 spiro atoms. The molecule has 1 aromatic carbocycles. The fourth-order valence-corrected chi connectivity index (χ4v) is 0.750. The van der Waals surface area contributed by atoms with Gasteiger partial charge in [0.25, 0.3) is 0 Å². The van der Waals surface area contributed by atoms with E-state index in [1.807, 2.05) is 0 Å². The van der Waals surface area contributed by atoms with Gasteiger partial charge in [-0.1, -0.05) is 0 Å². The maximum absolute atomic E-state index is 12.4. The zero-order chi connectivity index (χ0) is 10.2. The summed E-state index contributed by atoms with van der Waals surface area (Å²) in [5.41, 5.74) is -1.49. The summed E-state index contributed by atoms with van der Waals surface area (Å²) in [6, 6.07) is -0.0710. The SMILES string of the molecule is FB(F)c1cc(F)c(F)c(F)c1F. The standard InChI is InChI=1S/C6HBF6/c8-3-1-2(7(12)13)4(9)6(11)5(3)10/h1H. The zero-order valence-electron chi connectivity index (χ0n) is 5.92. The second-order valence-electron chi connectivity index (χ2n) is 2.19. The summed E-state index contributed by atoms with van der Waals surface area (Å²) in [6.07, 6.45) is 0. The molecule has 70 valence electrons. The van der Waals surface area contributed by atoms with Gasteiger partial charge in [-0.15, -0.1) is 0 Å². The first-order chi connectivity index (χ1) is 5.95. The summed E-state index contributed by atoms with van der Waals surface area (Å²) in [5.74, 6) is -8.22. The van der Waals surface area contributed by atoms with Gasteiger partial charge in [0.15, 0.2) is 23.3 Å². The molecule has 0 aromatic heterocycles. The van der Waals surface area contributed by atoms with E-state index in [1.165, 1.54) is 0 Å². The third-order valence-corrected chi connectivity index (χ3v) is 1.37. The van der Waals surface area contributed by atoms with Gasteiger partial charge < -0.3 is 0 Å². The van der Waals surface area contributed by atoms with Crippen LogP contribution in [0.4, 0.5) is 26.2 Å². The molecule has 0 unspecified atom stereocenters. The first-order valence-corrected chi connectivity index (χ1v) is 3.06. The Morgan fingerprint density at radius 3 is 1.85 bits per heavy atom. The Hall–Kier alpha value is -1.14. The molecule has 0 bridgehead atoms. The second kappa shape index (κ2) is 3.31. The van der Waals surface area contributed by atoms with Crippen molar-refractivity contribution in [3.05, 3.63) is 29.3 Å². The minimum atomic E-state index is -3.38. The molecule has 0 radical (unpaired) electrons. The Morgan fingerprint density at radius 1 is 0.846 bits per heavy atom. The predicted molar refractivity (Wildman–Crippen MR) is 33.9 cm³/mol. The van der Waals surface area contributed by atoms with Crippen molar-refractivity contribution in [1.29, 1.82) is 0 Å². The van der Waals surface area contributed by atoms with Crippen LogP contribution in [0.1, 0.15) is 0 Å². The molecule has 1 rings (SSSR count). The van der Waals surface area contributed by atoms with Crippen LogP contribution in [-0.2, 0) is 0 Å². The van der Waals surface area contributed by atoms with E-state index in [0.29, 0.717) is 0 Å². The largest absolute Gasteiger partial charge is 0.575 e. The number of rotatable bonds is 1. The number of hydrogen-bond donors (Lipinski definition) is 0. The smallest absolute Gasteiger partial charge is 0.281 e. The van der Waals surface area contributed by atoms with Crippen LogP contribution in [0.25, 0.3) is 0 Å². The third-order valence-electron chi connectivity index (χ3n) is 1.37. The van der Waals surface area contributed by atoms with Gasteiger partial charge in [0, 0.05) is 5.46 Å². The molecule has 0 aliphatic carbocycles. The molecule has 0 fully saturated rings. The lowest BCUT2D eigenvalue weighted by Crippen LogP contribution is -2.27. The highest BCUT2D eigenvalue weighted by molar-refractivity contribution is 6.60. The topological polar surface area (TPSA) is 0 Å². The van der Waals surface area contributed by atoms with Crippen molar-refractivity contribution >= 4 is 12.7 Å². The Morgan fingerprint density at radius 2 is 1.38 bits per heavy atom. The van der Waals surface area contributed by atoms with Crippen LogP contribution >= 0.6 is 0 Å². The molecule has 0 amide bonds. The van der Waals surface area contributed by atoms with E-state index in [2.05, 4.69) is 0 Å². The quantitative estimate of drug-likeness (QED) is 0.279. The lowest BCUT2D eigenvalue weighted by atomic mass is 9.85. The lowest BCUT2D eigenvalue weighted by Gasteiger charge is -2.01. The van der Waals surface area contributed by atoms with Gasteiger partial charge in [0.2, 0.25) is 0 Å². The van der Waals surface area contributed by atoms with E-state index in [1.54, 1.807) is 0 Å². The molecule has 0 atom stereocenters. The first kappa shape index (κ1) is 9.95. The van der Waals surface area contributed by atoms with E-state index in [9.17, 15) is 26.2 Å². The maximum Gasteiger partial charge on any atom is 0.575 e. The van der Waals surface area contributed by atoms with Crippen molar-refractivity contribution < 1.29 is 26.2 Å². The van der Waals surface area contributed by atoms with Crippen LogP contribution in [0.3, 0.4) is 0 Å². The van der Waals surface area contributed by atoms with Crippen molar-refractivity contribution in [3.8, 4) is 0 Å². The predicted octanol–water partition coefficient (Wildman–Crippen LogP) is 1.88. The zero-order valence-corrected chi connectivity index (χ0v) is 5.92. The molecule has 0 aliphatic rings. The van der Waals surface area contributed by atoms with Crippen LogP contribution in [0, 0.1) is 23.3 Å². The lowest BCUT2D eigenvalue weighted by molar-refractivity contribution is 0.411. The van der Waals surface area contributed by atoms with Crippen molar-refractivity contribution in [2.75, 3.05) is 0 Å². The Balaban J connectivity index is 3.41. The molecular formula is C6HBF6. The molecule has 1 aromatic rings. The molecule has 0 N–H and O–H groups in total. The van der Waals surface area contributed by atoms with Crippen LogP contribution in [0.5, 0.6) is 0 Å². The van der Waals surface area contributed by atoms with Crippen molar-refractivity contribution in [2.24, 2.45) is 0 Å². The Bertz CT molecular complexity index is 336. The number of benzene rings is 1. The van der Waals surface area contributed by atoms with Crippen molar-refractivity contribution in [3.63, 3.8) is 0 Å². The van der Waals surface area contributed by atoms with Crippen molar-refractivity contribution in [1.82, 2.24) is 0 Å². The number of hydrogen-bond acceptors (Lipinski definition) is 0. The van der Waals surface area contributed by atoms with Gasteiger partial charge in [-0.3, -0.25) is 8.63 Å².